The highest BCUT2D eigenvalue weighted by Crippen LogP contribution is 2.26. The van der Waals surface area contributed by atoms with Crippen LogP contribution in [0.2, 0.25) is 0 Å². The van der Waals surface area contributed by atoms with Crippen LogP contribution in [0.3, 0.4) is 0 Å². The Bertz CT molecular complexity index is 542. The van der Waals surface area contributed by atoms with Gasteiger partial charge in [0.05, 0.1) is 5.56 Å². The largest absolute Gasteiger partial charge is 0.354 e. The zero-order chi connectivity index (χ0) is 15.9. The van der Waals surface area contributed by atoms with Crippen LogP contribution < -0.4 is 16.4 Å². The predicted octanol–water partition coefficient (Wildman–Crippen LogP) is 1.61. The fourth-order valence-corrected chi connectivity index (χ4v) is 2.75. The van der Waals surface area contributed by atoms with Gasteiger partial charge >= 0.3 is 0 Å². The lowest BCUT2D eigenvalue weighted by atomic mass is 10.00. The van der Waals surface area contributed by atoms with Gasteiger partial charge in [0, 0.05) is 25.6 Å². The quantitative estimate of drug-likeness (QED) is 0.686. The summed E-state index contributed by atoms with van der Waals surface area (Å²) in [5.74, 6) is -0.833. The van der Waals surface area contributed by atoms with Gasteiger partial charge in [-0.05, 0) is 30.9 Å². The van der Waals surface area contributed by atoms with Gasteiger partial charge in [-0.1, -0.05) is 18.6 Å². The first-order valence-corrected chi connectivity index (χ1v) is 7.63. The molecule has 5 nitrogen and oxygen atoms in total. The van der Waals surface area contributed by atoms with Crippen LogP contribution in [0.4, 0.5) is 4.39 Å². The number of rotatable bonds is 6. The van der Waals surface area contributed by atoms with E-state index in [1.54, 1.807) is 6.07 Å². The Labute approximate surface area is 141 Å². The molecule has 1 saturated carbocycles. The molecule has 0 spiro atoms. The van der Waals surface area contributed by atoms with Crippen LogP contribution in [0, 0.1) is 11.7 Å². The molecule has 0 saturated heterocycles. The number of benzene rings is 1. The Hall–Kier alpha value is -1.66. The molecule has 23 heavy (non-hydrogen) atoms. The molecule has 7 heteroatoms. The van der Waals surface area contributed by atoms with E-state index in [4.69, 9.17) is 5.73 Å². The molecule has 2 atom stereocenters. The van der Waals surface area contributed by atoms with Crippen molar-refractivity contribution < 1.29 is 14.0 Å². The van der Waals surface area contributed by atoms with Crippen LogP contribution in [0.1, 0.15) is 36.0 Å². The zero-order valence-electron chi connectivity index (χ0n) is 12.9. The van der Waals surface area contributed by atoms with Crippen molar-refractivity contribution in [2.24, 2.45) is 11.7 Å². The van der Waals surface area contributed by atoms with E-state index in [1.807, 2.05) is 0 Å². The maximum Gasteiger partial charge on any atom is 0.254 e. The first-order valence-electron chi connectivity index (χ1n) is 7.63. The second-order valence-electron chi connectivity index (χ2n) is 5.64. The van der Waals surface area contributed by atoms with Gasteiger partial charge in [0.1, 0.15) is 5.82 Å². The topological polar surface area (TPSA) is 84.2 Å². The molecule has 1 aliphatic rings. The van der Waals surface area contributed by atoms with Gasteiger partial charge in [-0.15, -0.1) is 12.4 Å². The molecule has 1 aromatic rings. The molecule has 0 bridgehead atoms. The maximum atomic E-state index is 13.4. The molecule has 0 radical (unpaired) electrons. The zero-order valence-corrected chi connectivity index (χ0v) is 13.7. The van der Waals surface area contributed by atoms with E-state index in [0.717, 1.165) is 19.3 Å². The summed E-state index contributed by atoms with van der Waals surface area (Å²) in [5.41, 5.74) is 5.93. The van der Waals surface area contributed by atoms with Crippen molar-refractivity contribution in [3.05, 3.63) is 35.6 Å². The van der Waals surface area contributed by atoms with Crippen molar-refractivity contribution in [2.75, 3.05) is 13.1 Å². The van der Waals surface area contributed by atoms with Crippen molar-refractivity contribution in [1.82, 2.24) is 10.6 Å². The number of carbonyl (C=O) groups is 2. The summed E-state index contributed by atoms with van der Waals surface area (Å²) in [5, 5.41) is 5.33. The van der Waals surface area contributed by atoms with E-state index in [0.29, 0.717) is 13.0 Å². The Morgan fingerprint density at radius 2 is 1.87 bits per heavy atom. The lowest BCUT2D eigenvalue weighted by Gasteiger charge is -2.14. The van der Waals surface area contributed by atoms with Crippen LogP contribution >= 0.6 is 12.4 Å². The lowest BCUT2D eigenvalue weighted by molar-refractivity contribution is -0.122. The molecule has 0 aromatic heterocycles. The van der Waals surface area contributed by atoms with Crippen LogP contribution in [-0.4, -0.2) is 30.9 Å². The van der Waals surface area contributed by atoms with E-state index in [2.05, 4.69) is 10.6 Å². The van der Waals surface area contributed by atoms with Crippen molar-refractivity contribution in [3.8, 4) is 0 Å². The standard InChI is InChI=1S/C16H22FN3O2.ClH/c17-13-6-2-1-5-12(13)16(22)20-9-8-19-15(21)10-11-4-3-7-14(11)18;/h1-2,5-6,11,14H,3-4,7-10,18H2,(H,19,21)(H,20,22);1H/t11-,14+;/m0./s1. The average Bonchev–Trinajstić information content (AvgIpc) is 2.89. The highest BCUT2D eigenvalue weighted by molar-refractivity contribution is 5.94. The van der Waals surface area contributed by atoms with Gasteiger partial charge < -0.3 is 16.4 Å². The first-order chi connectivity index (χ1) is 10.6. The molecular weight excluding hydrogens is 321 g/mol. The van der Waals surface area contributed by atoms with Gasteiger partial charge in [-0.3, -0.25) is 9.59 Å². The van der Waals surface area contributed by atoms with Gasteiger partial charge in [0.25, 0.3) is 5.91 Å². The van der Waals surface area contributed by atoms with Gasteiger partial charge in [0.15, 0.2) is 0 Å². The first kappa shape index (κ1) is 19.4. The summed E-state index contributed by atoms with van der Waals surface area (Å²) in [6.45, 7) is 0.580. The van der Waals surface area contributed by atoms with Crippen LogP contribution in [-0.2, 0) is 4.79 Å². The Morgan fingerprint density at radius 1 is 1.17 bits per heavy atom. The Kier molecular flexibility index (Phi) is 7.98. The minimum absolute atomic E-state index is 0. The van der Waals surface area contributed by atoms with Gasteiger partial charge in [0.2, 0.25) is 5.91 Å². The van der Waals surface area contributed by atoms with Crippen molar-refractivity contribution in [1.29, 1.82) is 0 Å². The predicted molar refractivity (Wildman–Crippen MR) is 88.9 cm³/mol. The van der Waals surface area contributed by atoms with E-state index in [-0.39, 0.29) is 42.4 Å². The van der Waals surface area contributed by atoms with Crippen LogP contribution in [0.25, 0.3) is 0 Å². The summed E-state index contributed by atoms with van der Waals surface area (Å²) >= 11 is 0. The number of carbonyl (C=O) groups excluding carboxylic acids is 2. The van der Waals surface area contributed by atoms with Gasteiger partial charge in [-0.25, -0.2) is 4.39 Å². The third kappa shape index (κ3) is 5.80. The normalized spacial score (nSPS) is 19.7. The lowest BCUT2D eigenvalue weighted by Crippen LogP contribution is -2.37. The minimum atomic E-state index is -0.556. The van der Waals surface area contributed by atoms with E-state index >= 15 is 0 Å². The highest BCUT2D eigenvalue weighted by atomic mass is 35.5. The second kappa shape index (κ2) is 9.47. The molecule has 1 aromatic carbocycles. The van der Waals surface area contributed by atoms with Gasteiger partial charge in [-0.2, -0.15) is 0 Å². The second-order valence-corrected chi connectivity index (χ2v) is 5.64. The number of nitrogens with one attached hydrogen (secondary N) is 2. The van der Waals surface area contributed by atoms with E-state index < -0.39 is 11.7 Å². The monoisotopic (exact) mass is 343 g/mol. The van der Waals surface area contributed by atoms with Crippen LogP contribution in [0.5, 0.6) is 0 Å². The third-order valence-corrected chi connectivity index (χ3v) is 4.02. The summed E-state index contributed by atoms with van der Waals surface area (Å²) in [7, 11) is 0. The molecule has 1 fully saturated rings. The summed E-state index contributed by atoms with van der Waals surface area (Å²) in [6, 6.07) is 5.91. The smallest absolute Gasteiger partial charge is 0.254 e. The average molecular weight is 344 g/mol. The van der Waals surface area contributed by atoms with E-state index in [1.165, 1.54) is 18.2 Å². The Morgan fingerprint density at radius 3 is 2.52 bits per heavy atom. The molecule has 2 amide bonds. The molecule has 4 N–H and O–H groups in total. The summed E-state index contributed by atoms with van der Waals surface area (Å²) in [6.07, 6.45) is 3.50. The molecule has 128 valence electrons. The molecular formula is C16H23ClFN3O2. The van der Waals surface area contributed by atoms with E-state index in [9.17, 15) is 14.0 Å². The number of halogens is 2. The molecule has 1 aliphatic carbocycles. The maximum absolute atomic E-state index is 13.4. The molecule has 2 rings (SSSR count). The van der Waals surface area contributed by atoms with Crippen molar-refractivity contribution in [3.63, 3.8) is 0 Å². The van der Waals surface area contributed by atoms with Crippen molar-refractivity contribution in [2.45, 2.75) is 31.7 Å². The third-order valence-electron chi connectivity index (χ3n) is 4.02. The fourth-order valence-electron chi connectivity index (χ4n) is 2.75. The summed E-state index contributed by atoms with van der Waals surface area (Å²) in [4.78, 5) is 23.5. The molecule has 0 aliphatic heterocycles. The molecule has 0 heterocycles. The minimum Gasteiger partial charge on any atom is -0.354 e. The van der Waals surface area contributed by atoms with Crippen molar-refractivity contribution >= 4 is 24.2 Å². The fraction of sp³-hybridized carbons (Fsp3) is 0.500. The van der Waals surface area contributed by atoms with Crippen LogP contribution in [0.15, 0.2) is 24.3 Å². The molecule has 0 unspecified atom stereocenters. The number of amides is 2. The highest BCUT2D eigenvalue weighted by Gasteiger charge is 2.25. The number of hydrogen-bond donors (Lipinski definition) is 3. The summed E-state index contributed by atoms with van der Waals surface area (Å²) < 4.78 is 13.4. The number of nitrogens with two attached hydrogens (primary N) is 1. The SMILES string of the molecule is Cl.N[C@@H]1CCC[C@H]1CC(=O)NCCNC(=O)c1ccccc1F. The number of hydrogen-bond acceptors (Lipinski definition) is 3. The Balaban J connectivity index is 0.00000264.